The van der Waals surface area contributed by atoms with Gasteiger partial charge in [0.1, 0.15) is 0 Å². The van der Waals surface area contributed by atoms with Crippen molar-refractivity contribution in [3.05, 3.63) is 0 Å². The molecule has 0 spiro atoms. The van der Waals surface area contributed by atoms with Crippen LogP contribution in [0.15, 0.2) is 0 Å². The Morgan fingerprint density at radius 1 is 1.50 bits per heavy atom. The van der Waals surface area contributed by atoms with Crippen molar-refractivity contribution >= 4 is 0 Å². The topological polar surface area (TPSA) is 56.0 Å². The quantitative estimate of drug-likeness (QED) is 0.446. The van der Waals surface area contributed by atoms with Gasteiger partial charge in [0.2, 0.25) is 0 Å². The molecule has 0 heterocycles. The van der Waals surface area contributed by atoms with E-state index in [-0.39, 0.29) is 12.1 Å². The van der Waals surface area contributed by atoms with Crippen LogP contribution in [0.25, 0.3) is 0 Å². The summed E-state index contributed by atoms with van der Waals surface area (Å²) in [5.41, 5.74) is -0.380. The Bertz CT molecular complexity index is 116. The molecule has 2 N–H and O–H groups in total. The SMILES string of the molecule is CCC(CC)(CO)NC#N. The van der Waals surface area contributed by atoms with Gasteiger partial charge in [-0.2, -0.15) is 5.26 Å². The number of nitrogens with one attached hydrogen (secondary N) is 1. The third-order valence-corrected chi connectivity index (χ3v) is 1.98. The summed E-state index contributed by atoms with van der Waals surface area (Å²) in [5, 5.41) is 19.8. The number of rotatable bonds is 4. The minimum atomic E-state index is -0.380. The fourth-order valence-corrected chi connectivity index (χ4v) is 0.808. The van der Waals surface area contributed by atoms with Crippen LogP contribution >= 0.6 is 0 Å². The van der Waals surface area contributed by atoms with Crippen LogP contribution in [-0.2, 0) is 0 Å². The van der Waals surface area contributed by atoms with E-state index in [1.807, 2.05) is 20.0 Å². The average molecular weight is 142 g/mol. The molecule has 0 aromatic heterocycles. The lowest BCUT2D eigenvalue weighted by Crippen LogP contribution is -2.44. The summed E-state index contributed by atoms with van der Waals surface area (Å²) < 4.78 is 0. The first-order valence-electron chi connectivity index (χ1n) is 3.51. The van der Waals surface area contributed by atoms with Crippen LogP contribution in [0.5, 0.6) is 0 Å². The van der Waals surface area contributed by atoms with Gasteiger partial charge in [-0.05, 0) is 12.8 Å². The Hall–Kier alpha value is -0.750. The van der Waals surface area contributed by atoms with Crippen molar-refractivity contribution in [3.8, 4) is 6.19 Å². The third-order valence-electron chi connectivity index (χ3n) is 1.98. The van der Waals surface area contributed by atoms with Gasteiger partial charge >= 0.3 is 0 Å². The summed E-state index contributed by atoms with van der Waals surface area (Å²) >= 11 is 0. The summed E-state index contributed by atoms with van der Waals surface area (Å²) in [7, 11) is 0. The Balaban J connectivity index is 4.04. The van der Waals surface area contributed by atoms with E-state index < -0.39 is 0 Å². The van der Waals surface area contributed by atoms with Crippen molar-refractivity contribution in [2.75, 3.05) is 6.61 Å². The first kappa shape index (κ1) is 9.25. The smallest absolute Gasteiger partial charge is 0.177 e. The summed E-state index contributed by atoms with van der Waals surface area (Å²) in [6.07, 6.45) is 3.39. The second-order valence-corrected chi connectivity index (χ2v) is 2.38. The summed E-state index contributed by atoms with van der Waals surface area (Å²) in [4.78, 5) is 0. The fourth-order valence-electron chi connectivity index (χ4n) is 0.808. The maximum absolute atomic E-state index is 8.89. The molecule has 0 unspecified atom stereocenters. The van der Waals surface area contributed by atoms with Crippen LogP contribution in [0.3, 0.4) is 0 Å². The lowest BCUT2D eigenvalue weighted by molar-refractivity contribution is 0.167. The molecule has 0 aliphatic carbocycles. The molecule has 0 radical (unpaired) electrons. The predicted molar refractivity (Wildman–Crippen MR) is 39.1 cm³/mol. The van der Waals surface area contributed by atoms with Crippen molar-refractivity contribution in [1.82, 2.24) is 5.32 Å². The van der Waals surface area contributed by atoms with Gasteiger partial charge in [0, 0.05) is 0 Å². The zero-order valence-electron chi connectivity index (χ0n) is 6.52. The van der Waals surface area contributed by atoms with E-state index in [4.69, 9.17) is 10.4 Å². The largest absolute Gasteiger partial charge is 0.394 e. The highest BCUT2D eigenvalue weighted by atomic mass is 16.3. The van der Waals surface area contributed by atoms with Gasteiger partial charge in [0.25, 0.3) is 0 Å². The number of nitrogens with zero attached hydrogens (tertiary/aromatic N) is 1. The third kappa shape index (κ3) is 1.89. The summed E-state index contributed by atoms with van der Waals surface area (Å²) in [5.74, 6) is 0. The molecule has 0 aromatic carbocycles. The van der Waals surface area contributed by atoms with E-state index in [9.17, 15) is 0 Å². The number of aliphatic hydroxyl groups excluding tert-OH is 1. The molecular formula is C7H14N2O. The molecule has 0 fully saturated rings. The van der Waals surface area contributed by atoms with E-state index in [1.54, 1.807) is 0 Å². The minimum Gasteiger partial charge on any atom is -0.394 e. The average Bonchev–Trinajstić information content (AvgIpc) is 2.01. The monoisotopic (exact) mass is 142 g/mol. The highest BCUT2D eigenvalue weighted by Crippen LogP contribution is 2.12. The Morgan fingerprint density at radius 2 is 2.00 bits per heavy atom. The van der Waals surface area contributed by atoms with Gasteiger partial charge < -0.3 is 10.4 Å². The first-order valence-corrected chi connectivity index (χ1v) is 3.51. The molecule has 0 amide bonds. The van der Waals surface area contributed by atoms with Gasteiger partial charge in [-0.15, -0.1) is 0 Å². The normalized spacial score (nSPS) is 10.6. The van der Waals surface area contributed by atoms with Crippen molar-refractivity contribution in [2.45, 2.75) is 32.2 Å². The minimum absolute atomic E-state index is 0.0214. The standard InChI is InChI=1S/C7H14N2O/c1-3-7(4-2,5-10)9-6-8/h9-10H,3-5H2,1-2H3. The van der Waals surface area contributed by atoms with Gasteiger partial charge in [-0.25, -0.2) is 0 Å². The van der Waals surface area contributed by atoms with Gasteiger partial charge in [-0.1, -0.05) is 13.8 Å². The maximum atomic E-state index is 8.89. The Kier molecular flexibility index (Phi) is 3.82. The Labute approximate surface area is 61.7 Å². The van der Waals surface area contributed by atoms with E-state index >= 15 is 0 Å². The number of hydrogen-bond donors (Lipinski definition) is 2. The highest BCUT2D eigenvalue weighted by molar-refractivity contribution is 4.90. The molecule has 0 rings (SSSR count). The van der Waals surface area contributed by atoms with E-state index in [0.29, 0.717) is 0 Å². The molecule has 0 bridgehead atoms. The summed E-state index contributed by atoms with van der Waals surface area (Å²) in [6, 6.07) is 0. The predicted octanol–water partition coefficient (Wildman–Crippen LogP) is 0.608. The number of nitriles is 1. The lowest BCUT2D eigenvalue weighted by atomic mass is 9.94. The summed E-state index contributed by atoms with van der Waals surface area (Å²) in [6.45, 7) is 3.92. The Morgan fingerprint density at radius 3 is 2.10 bits per heavy atom. The zero-order chi connectivity index (χ0) is 8.04. The fraction of sp³-hybridized carbons (Fsp3) is 0.857. The lowest BCUT2D eigenvalue weighted by Gasteiger charge is -2.27. The molecule has 0 saturated carbocycles. The van der Waals surface area contributed by atoms with Crippen LogP contribution in [0.4, 0.5) is 0 Å². The molecule has 10 heavy (non-hydrogen) atoms. The van der Waals surface area contributed by atoms with Crippen LogP contribution in [-0.4, -0.2) is 17.3 Å². The molecule has 0 aliphatic rings. The molecule has 0 saturated heterocycles. The van der Waals surface area contributed by atoms with Crippen LogP contribution < -0.4 is 5.32 Å². The molecule has 0 aliphatic heterocycles. The second kappa shape index (κ2) is 4.13. The van der Waals surface area contributed by atoms with Crippen LogP contribution in [0.2, 0.25) is 0 Å². The molecule has 3 heteroatoms. The van der Waals surface area contributed by atoms with Crippen LogP contribution in [0, 0.1) is 11.5 Å². The van der Waals surface area contributed by atoms with Crippen molar-refractivity contribution in [3.63, 3.8) is 0 Å². The molecule has 3 nitrogen and oxygen atoms in total. The van der Waals surface area contributed by atoms with Crippen LogP contribution in [0.1, 0.15) is 26.7 Å². The maximum Gasteiger partial charge on any atom is 0.177 e. The van der Waals surface area contributed by atoms with Gasteiger partial charge in [0.05, 0.1) is 12.1 Å². The number of hydrogen-bond acceptors (Lipinski definition) is 3. The van der Waals surface area contributed by atoms with E-state index in [1.165, 1.54) is 0 Å². The van der Waals surface area contributed by atoms with E-state index in [2.05, 4.69) is 5.32 Å². The van der Waals surface area contributed by atoms with Gasteiger partial charge in [-0.3, -0.25) is 0 Å². The number of aliphatic hydroxyl groups is 1. The van der Waals surface area contributed by atoms with Crippen molar-refractivity contribution in [2.24, 2.45) is 0 Å². The van der Waals surface area contributed by atoms with Gasteiger partial charge in [0.15, 0.2) is 6.19 Å². The molecular weight excluding hydrogens is 128 g/mol. The molecule has 58 valence electrons. The highest BCUT2D eigenvalue weighted by Gasteiger charge is 2.23. The van der Waals surface area contributed by atoms with Crippen molar-refractivity contribution < 1.29 is 5.11 Å². The molecule has 0 atom stereocenters. The second-order valence-electron chi connectivity index (χ2n) is 2.38. The van der Waals surface area contributed by atoms with Crippen molar-refractivity contribution in [1.29, 1.82) is 5.26 Å². The first-order chi connectivity index (χ1) is 4.74. The zero-order valence-corrected chi connectivity index (χ0v) is 6.52. The van der Waals surface area contributed by atoms with E-state index in [0.717, 1.165) is 12.8 Å². The molecule has 0 aromatic rings.